The number of carbonyl (C=O) groups excluding carboxylic acids is 1. The van der Waals surface area contributed by atoms with E-state index in [1.807, 2.05) is 23.9 Å². The molecular formula is C30H46O2S. The van der Waals surface area contributed by atoms with Crippen LogP contribution in [-0.4, -0.2) is 11.7 Å². The van der Waals surface area contributed by atoms with Crippen LogP contribution in [0.4, 0.5) is 0 Å². The molecule has 0 aliphatic carbocycles. The molecule has 0 N–H and O–H groups in total. The molecule has 2 nitrogen and oxygen atoms in total. The van der Waals surface area contributed by atoms with Gasteiger partial charge in [0, 0.05) is 6.92 Å². The van der Waals surface area contributed by atoms with E-state index in [4.69, 9.17) is 4.74 Å². The molecular weight excluding hydrogens is 424 g/mol. The fourth-order valence-corrected chi connectivity index (χ4v) is 5.40. The second kappa shape index (κ2) is 17.9. The van der Waals surface area contributed by atoms with Gasteiger partial charge in [0.05, 0.1) is 4.90 Å². The van der Waals surface area contributed by atoms with E-state index in [2.05, 4.69) is 31.2 Å². The van der Waals surface area contributed by atoms with E-state index in [1.165, 1.54) is 115 Å². The van der Waals surface area contributed by atoms with Crippen LogP contribution in [0.3, 0.4) is 0 Å². The summed E-state index contributed by atoms with van der Waals surface area (Å²) < 4.78 is 5.48. The van der Waals surface area contributed by atoms with Crippen molar-refractivity contribution >= 4 is 28.5 Å². The molecule has 2 aromatic rings. The molecule has 0 spiro atoms. The molecule has 0 atom stereocenters. The minimum absolute atomic E-state index is 0.255. The number of hydrogen-bond donors (Lipinski definition) is 0. The first-order valence-corrected chi connectivity index (χ1v) is 14.5. The summed E-state index contributed by atoms with van der Waals surface area (Å²) in [6.07, 6.45) is 22.3. The highest BCUT2D eigenvalue weighted by atomic mass is 32.2. The summed E-state index contributed by atoms with van der Waals surface area (Å²) in [4.78, 5) is 12.6. The average molecular weight is 471 g/mol. The molecule has 0 heterocycles. The Morgan fingerprint density at radius 1 is 0.697 bits per heavy atom. The average Bonchev–Trinajstić information content (AvgIpc) is 2.81. The molecule has 184 valence electrons. The summed E-state index contributed by atoms with van der Waals surface area (Å²) in [6, 6.07) is 12.4. The topological polar surface area (TPSA) is 26.3 Å². The first-order chi connectivity index (χ1) is 16.2. The first-order valence-electron chi connectivity index (χ1n) is 13.5. The lowest BCUT2D eigenvalue weighted by Gasteiger charge is -2.11. The monoisotopic (exact) mass is 470 g/mol. The Labute approximate surface area is 207 Å². The summed E-state index contributed by atoms with van der Waals surface area (Å²) in [6.45, 7) is 3.76. The fraction of sp³-hybridized carbons (Fsp3) is 0.633. The van der Waals surface area contributed by atoms with Crippen molar-refractivity contribution in [3.8, 4) is 5.75 Å². The van der Waals surface area contributed by atoms with Crippen molar-refractivity contribution in [1.82, 2.24) is 0 Å². The van der Waals surface area contributed by atoms with E-state index in [-0.39, 0.29) is 5.97 Å². The van der Waals surface area contributed by atoms with Crippen LogP contribution in [-0.2, 0) is 4.79 Å². The third-order valence-corrected chi connectivity index (χ3v) is 7.44. The highest BCUT2D eigenvalue weighted by molar-refractivity contribution is 7.99. The van der Waals surface area contributed by atoms with Crippen molar-refractivity contribution in [2.45, 2.75) is 121 Å². The van der Waals surface area contributed by atoms with Crippen LogP contribution in [0.5, 0.6) is 5.75 Å². The maximum absolute atomic E-state index is 11.5. The van der Waals surface area contributed by atoms with Crippen molar-refractivity contribution in [3.05, 3.63) is 36.4 Å². The molecule has 0 saturated carbocycles. The van der Waals surface area contributed by atoms with Gasteiger partial charge in [-0.1, -0.05) is 128 Å². The van der Waals surface area contributed by atoms with Crippen LogP contribution >= 0.6 is 11.8 Å². The van der Waals surface area contributed by atoms with E-state index in [1.54, 1.807) is 0 Å². The summed E-state index contributed by atoms with van der Waals surface area (Å²) >= 11 is 1.81. The minimum atomic E-state index is -0.255. The van der Waals surface area contributed by atoms with Crippen LogP contribution in [0, 0.1) is 0 Å². The van der Waals surface area contributed by atoms with Crippen molar-refractivity contribution < 1.29 is 9.53 Å². The third kappa shape index (κ3) is 12.5. The number of hydrogen-bond acceptors (Lipinski definition) is 3. The summed E-state index contributed by atoms with van der Waals surface area (Å²) in [5, 5.41) is 2.31. The molecule has 0 saturated heterocycles. The SMILES string of the molecule is CCCCCCCCCCCCCCCCCCSc1cc2ccccc2cc1OC(C)=O. The normalized spacial score (nSPS) is 11.2. The van der Waals surface area contributed by atoms with Crippen LogP contribution in [0.15, 0.2) is 41.3 Å². The number of thioether (sulfide) groups is 1. The van der Waals surface area contributed by atoms with Gasteiger partial charge in [-0.15, -0.1) is 11.8 Å². The minimum Gasteiger partial charge on any atom is -0.426 e. The highest BCUT2D eigenvalue weighted by Gasteiger charge is 2.09. The predicted molar refractivity (Wildman–Crippen MR) is 146 cm³/mol. The Morgan fingerprint density at radius 2 is 1.15 bits per heavy atom. The third-order valence-electron chi connectivity index (χ3n) is 6.32. The Kier molecular flexibility index (Phi) is 15.1. The van der Waals surface area contributed by atoms with Gasteiger partial charge in [-0.3, -0.25) is 4.79 Å². The van der Waals surface area contributed by atoms with E-state index >= 15 is 0 Å². The van der Waals surface area contributed by atoms with Crippen LogP contribution in [0.25, 0.3) is 10.8 Å². The number of carbonyl (C=O) groups is 1. The van der Waals surface area contributed by atoms with Gasteiger partial charge in [0.1, 0.15) is 5.75 Å². The van der Waals surface area contributed by atoms with Gasteiger partial charge >= 0.3 is 5.97 Å². The van der Waals surface area contributed by atoms with Crippen molar-refractivity contribution in [1.29, 1.82) is 0 Å². The molecule has 2 aromatic carbocycles. The standard InChI is InChI=1S/C30H46O2S/c1-3-4-5-6-7-8-9-10-11-12-13-14-15-16-17-20-23-33-30-25-28-22-19-18-21-27(28)24-29(30)32-26(2)31/h18-19,21-22,24-25H,3-17,20,23H2,1-2H3. The molecule has 0 aliphatic rings. The van der Waals surface area contributed by atoms with Crippen molar-refractivity contribution in [2.75, 3.05) is 5.75 Å². The van der Waals surface area contributed by atoms with Crippen LogP contribution in [0.2, 0.25) is 0 Å². The lowest BCUT2D eigenvalue weighted by molar-refractivity contribution is -0.132. The number of ether oxygens (including phenoxy) is 1. The maximum Gasteiger partial charge on any atom is 0.308 e. The van der Waals surface area contributed by atoms with Crippen molar-refractivity contribution in [2.24, 2.45) is 0 Å². The molecule has 0 radical (unpaired) electrons. The van der Waals surface area contributed by atoms with Gasteiger partial charge < -0.3 is 4.74 Å². The molecule has 0 unspecified atom stereocenters. The largest absolute Gasteiger partial charge is 0.426 e. The van der Waals surface area contributed by atoms with E-state index in [0.29, 0.717) is 5.75 Å². The van der Waals surface area contributed by atoms with Crippen LogP contribution in [0.1, 0.15) is 117 Å². The molecule has 3 heteroatoms. The smallest absolute Gasteiger partial charge is 0.308 e. The molecule has 2 rings (SSSR count). The number of fused-ring (bicyclic) bond motifs is 1. The zero-order chi connectivity index (χ0) is 23.6. The molecule has 0 aromatic heterocycles. The molecule has 0 bridgehead atoms. The van der Waals surface area contributed by atoms with Crippen molar-refractivity contribution in [3.63, 3.8) is 0 Å². The summed E-state index contributed by atoms with van der Waals surface area (Å²) in [5.41, 5.74) is 0. The number of unbranched alkanes of at least 4 members (excludes halogenated alkanes) is 15. The number of rotatable bonds is 19. The Morgan fingerprint density at radius 3 is 1.64 bits per heavy atom. The van der Waals surface area contributed by atoms with E-state index in [0.717, 1.165) is 16.0 Å². The second-order valence-electron chi connectivity index (χ2n) is 9.39. The Bertz CT molecular complexity index is 786. The molecule has 0 fully saturated rings. The maximum atomic E-state index is 11.5. The summed E-state index contributed by atoms with van der Waals surface area (Å²) in [5.74, 6) is 1.52. The van der Waals surface area contributed by atoms with Gasteiger partial charge in [-0.2, -0.15) is 0 Å². The second-order valence-corrected chi connectivity index (χ2v) is 10.5. The summed E-state index contributed by atoms with van der Waals surface area (Å²) in [7, 11) is 0. The first kappa shape index (κ1) is 27.8. The lowest BCUT2D eigenvalue weighted by Crippen LogP contribution is -2.02. The number of esters is 1. The van der Waals surface area contributed by atoms with Gasteiger partial charge in [-0.05, 0) is 35.1 Å². The molecule has 33 heavy (non-hydrogen) atoms. The lowest BCUT2D eigenvalue weighted by atomic mass is 10.0. The van der Waals surface area contributed by atoms with Gasteiger partial charge in [0.15, 0.2) is 0 Å². The van der Waals surface area contributed by atoms with E-state index < -0.39 is 0 Å². The highest BCUT2D eigenvalue weighted by Crippen LogP contribution is 2.34. The molecule has 0 aliphatic heterocycles. The zero-order valence-corrected chi connectivity index (χ0v) is 22.0. The Hall–Kier alpha value is -1.48. The fourth-order valence-electron chi connectivity index (χ4n) is 4.38. The van der Waals surface area contributed by atoms with Gasteiger partial charge in [0.2, 0.25) is 0 Å². The van der Waals surface area contributed by atoms with Gasteiger partial charge in [0.25, 0.3) is 0 Å². The molecule has 0 amide bonds. The zero-order valence-electron chi connectivity index (χ0n) is 21.2. The quantitative estimate of drug-likeness (QED) is 0.0884. The Balaban J connectivity index is 1.48. The van der Waals surface area contributed by atoms with E-state index in [9.17, 15) is 4.79 Å². The number of benzene rings is 2. The predicted octanol–water partition coefficient (Wildman–Crippen LogP) is 10.1. The van der Waals surface area contributed by atoms with Gasteiger partial charge in [-0.25, -0.2) is 0 Å². The van der Waals surface area contributed by atoms with Crippen LogP contribution < -0.4 is 4.74 Å².